The van der Waals surface area contributed by atoms with Gasteiger partial charge in [0.05, 0.1) is 5.02 Å². The molecule has 0 atom stereocenters. The van der Waals surface area contributed by atoms with E-state index >= 15 is 0 Å². The number of hydrogen-bond donors (Lipinski definition) is 1. The number of rotatable bonds is 1. The maximum atomic E-state index is 6.00. The molecule has 1 aromatic carbocycles. The molecule has 0 aliphatic heterocycles. The monoisotopic (exact) mass is 292 g/mol. The summed E-state index contributed by atoms with van der Waals surface area (Å²) in [6.07, 6.45) is 0. The molecule has 2 rings (SSSR count). The van der Waals surface area contributed by atoms with Crippen LogP contribution in [0.15, 0.2) is 22.4 Å². The molecule has 0 unspecified atom stereocenters. The Hall–Kier alpha value is 0.300. The van der Waals surface area contributed by atoms with Gasteiger partial charge in [-0.1, -0.05) is 27.5 Å². The maximum absolute atomic E-state index is 6.00. The van der Waals surface area contributed by atoms with Gasteiger partial charge in [-0.25, -0.2) is 0 Å². The van der Waals surface area contributed by atoms with Gasteiger partial charge in [-0.3, -0.25) is 0 Å². The summed E-state index contributed by atoms with van der Waals surface area (Å²) in [5.41, 5.74) is 1.20. The van der Waals surface area contributed by atoms with E-state index in [9.17, 15) is 0 Å². The summed E-state index contributed by atoms with van der Waals surface area (Å²) in [6, 6.07) is 4.15. The lowest BCUT2D eigenvalue weighted by molar-refractivity contribution is 1.32. The van der Waals surface area contributed by atoms with Gasteiger partial charge in [-0.2, -0.15) is 0 Å². The first-order chi connectivity index (χ1) is 6.22. The second-order valence-corrected chi connectivity index (χ2v) is 5.06. The van der Waals surface area contributed by atoms with E-state index < -0.39 is 0 Å². The van der Waals surface area contributed by atoms with E-state index in [0.717, 1.165) is 20.6 Å². The Morgan fingerprint density at radius 1 is 1.46 bits per heavy atom. The molecule has 4 heteroatoms. The van der Waals surface area contributed by atoms with E-state index in [-0.39, 0.29) is 0 Å². The first kappa shape index (κ1) is 9.84. The molecular formula is C9H6BrClS2. The minimum atomic E-state index is 0.816. The van der Waals surface area contributed by atoms with E-state index in [0.29, 0.717) is 0 Å². The summed E-state index contributed by atoms with van der Waals surface area (Å²) in [6.45, 7) is 0. The summed E-state index contributed by atoms with van der Waals surface area (Å²) in [5.74, 6) is 0. The Bertz CT molecular complexity index is 450. The smallest absolute Gasteiger partial charge is 0.0592 e. The SMILES string of the molecule is Sc1cc2c(Cl)csc2cc1CBr. The van der Waals surface area contributed by atoms with Gasteiger partial charge in [0.1, 0.15) is 0 Å². The topological polar surface area (TPSA) is 0 Å². The van der Waals surface area contributed by atoms with Crippen LogP contribution in [0, 0.1) is 0 Å². The predicted molar refractivity (Wildman–Crippen MR) is 66.7 cm³/mol. The van der Waals surface area contributed by atoms with Crippen molar-refractivity contribution in [3.8, 4) is 0 Å². The summed E-state index contributed by atoms with van der Waals surface area (Å²) < 4.78 is 1.22. The number of fused-ring (bicyclic) bond motifs is 1. The van der Waals surface area contributed by atoms with Crippen molar-refractivity contribution in [2.45, 2.75) is 10.2 Å². The third kappa shape index (κ3) is 1.75. The molecular weight excluding hydrogens is 288 g/mol. The molecule has 0 saturated carbocycles. The number of alkyl halides is 1. The molecule has 0 N–H and O–H groups in total. The molecule has 0 saturated heterocycles. The predicted octanol–water partition coefficient (Wildman–Crippen LogP) is 4.74. The van der Waals surface area contributed by atoms with Crippen molar-refractivity contribution in [2.24, 2.45) is 0 Å². The Morgan fingerprint density at radius 3 is 2.92 bits per heavy atom. The lowest BCUT2D eigenvalue weighted by Crippen LogP contribution is -1.79. The number of benzene rings is 1. The van der Waals surface area contributed by atoms with Crippen molar-refractivity contribution in [3.63, 3.8) is 0 Å². The third-order valence-corrected chi connectivity index (χ3v) is 4.28. The number of thiol groups is 1. The van der Waals surface area contributed by atoms with Crippen LogP contribution < -0.4 is 0 Å². The molecule has 0 spiro atoms. The zero-order chi connectivity index (χ0) is 9.42. The Labute approximate surface area is 99.4 Å². The van der Waals surface area contributed by atoms with Gasteiger partial charge in [-0.05, 0) is 17.7 Å². The van der Waals surface area contributed by atoms with E-state index in [1.165, 1.54) is 10.3 Å². The zero-order valence-corrected chi connectivity index (χ0v) is 10.6. The average Bonchev–Trinajstić information content (AvgIpc) is 2.47. The molecule has 0 amide bonds. The fourth-order valence-corrected chi connectivity index (χ4v) is 3.34. The van der Waals surface area contributed by atoms with Crippen molar-refractivity contribution in [1.29, 1.82) is 0 Å². The first-order valence-corrected chi connectivity index (χ1v) is 6.49. The molecule has 68 valence electrons. The largest absolute Gasteiger partial charge is 0.143 e. The van der Waals surface area contributed by atoms with Crippen molar-refractivity contribution < 1.29 is 0 Å². The van der Waals surface area contributed by atoms with E-state index in [4.69, 9.17) is 11.6 Å². The van der Waals surface area contributed by atoms with Crippen LogP contribution in [0.5, 0.6) is 0 Å². The normalized spacial score (nSPS) is 11.0. The number of thiophene rings is 1. The lowest BCUT2D eigenvalue weighted by Gasteiger charge is -2.00. The minimum absolute atomic E-state index is 0.816. The Kier molecular flexibility index (Phi) is 2.88. The van der Waals surface area contributed by atoms with Crippen LogP contribution in [0.1, 0.15) is 5.56 Å². The highest BCUT2D eigenvalue weighted by atomic mass is 79.9. The van der Waals surface area contributed by atoms with Crippen LogP contribution in [0.4, 0.5) is 0 Å². The average molecular weight is 294 g/mol. The standard InChI is InChI=1S/C9H6BrClS2/c10-3-5-1-9-6(2-8(5)12)7(11)4-13-9/h1-2,4,12H,3H2. The molecule has 0 aliphatic carbocycles. The molecule has 0 nitrogen and oxygen atoms in total. The van der Waals surface area contributed by atoms with Gasteiger partial charge < -0.3 is 0 Å². The van der Waals surface area contributed by atoms with Crippen molar-refractivity contribution in [3.05, 3.63) is 28.1 Å². The highest BCUT2D eigenvalue weighted by Crippen LogP contribution is 2.33. The number of hydrogen-bond acceptors (Lipinski definition) is 2. The molecule has 13 heavy (non-hydrogen) atoms. The van der Waals surface area contributed by atoms with Gasteiger partial charge in [-0.15, -0.1) is 24.0 Å². The highest BCUT2D eigenvalue weighted by molar-refractivity contribution is 9.08. The third-order valence-electron chi connectivity index (χ3n) is 1.87. The Morgan fingerprint density at radius 2 is 2.23 bits per heavy atom. The molecule has 0 bridgehead atoms. The highest BCUT2D eigenvalue weighted by Gasteiger charge is 2.05. The van der Waals surface area contributed by atoms with E-state index in [1.54, 1.807) is 11.3 Å². The lowest BCUT2D eigenvalue weighted by atomic mass is 10.2. The fraction of sp³-hybridized carbons (Fsp3) is 0.111. The zero-order valence-electron chi connectivity index (χ0n) is 6.55. The van der Waals surface area contributed by atoms with E-state index in [2.05, 4.69) is 34.6 Å². The van der Waals surface area contributed by atoms with Crippen LogP contribution in [0.25, 0.3) is 10.1 Å². The first-order valence-electron chi connectivity index (χ1n) is 3.67. The quantitative estimate of drug-likeness (QED) is 0.570. The van der Waals surface area contributed by atoms with Gasteiger partial charge in [0.2, 0.25) is 0 Å². The molecule has 2 aromatic rings. The Balaban J connectivity index is 2.76. The van der Waals surface area contributed by atoms with Crippen molar-refractivity contribution in [2.75, 3.05) is 0 Å². The van der Waals surface area contributed by atoms with Gasteiger partial charge in [0, 0.05) is 25.7 Å². The summed E-state index contributed by atoms with van der Waals surface area (Å²) in [5, 5.41) is 4.70. The van der Waals surface area contributed by atoms with Gasteiger partial charge in [0.25, 0.3) is 0 Å². The van der Waals surface area contributed by atoms with Crippen molar-refractivity contribution in [1.82, 2.24) is 0 Å². The van der Waals surface area contributed by atoms with Crippen LogP contribution in [0.2, 0.25) is 5.02 Å². The molecule has 0 aliphatic rings. The van der Waals surface area contributed by atoms with Crippen LogP contribution in [-0.2, 0) is 5.33 Å². The second-order valence-electron chi connectivity index (χ2n) is 2.69. The summed E-state index contributed by atoms with van der Waals surface area (Å²) in [7, 11) is 0. The molecule has 0 radical (unpaired) electrons. The minimum Gasteiger partial charge on any atom is -0.143 e. The number of halogens is 2. The van der Waals surface area contributed by atoms with E-state index in [1.807, 2.05) is 11.4 Å². The summed E-state index contributed by atoms with van der Waals surface area (Å²) in [4.78, 5) is 0.990. The molecule has 0 fully saturated rings. The maximum Gasteiger partial charge on any atom is 0.0592 e. The van der Waals surface area contributed by atoms with Crippen LogP contribution in [-0.4, -0.2) is 0 Å². The fourth-order valence-electron chi connectivity index (χ4n) is 1.18. The van der Waals surface area contributed by atoms with Crippen LogP contribution in [0.3, 0.4) is 0 Å². The summed E-state index contributed by atoms with van der Waals surface area (Å²) >= 11 is 15.5. The van der Waals surface area contributed by atoms with Gasteiger partial charge in [0.15, 0.2) is 0 Å². The van der Waals surface area contributed by atoms with Gasteiger partial charge >= 0.3 is 0 Å². The molecule has 1 heterocycles. The van der Waals surface area contributed by atoms with Crippen molar-refractivity contribution >= 4 is 61.6 Å². The van der Waals surface area contributed by atoms with Crippen LogP contribution >= 0.6 is 51.5 Å². The molecule has 1 aromatic heterocycles. The second kappa shape index (κ2) is 3.81.